The van der Waals surface area contributed by atoms with Gasteiger partial charge in [-0.05, 0) is 42.4 Å². The number of aliphatic hydroxyl groups is 3. The Bertz CT molecular complexity index is 378. The molecule has 0 fully saturated rings. The molecule has 4 nitrogen and oxygen atoms in total. The van der Waals surface area contributed by atoms with Crippen molar-refractivity contribution in [1.29, 1.82) is 0 Å². The summed E-state index contributed by atoms with van der Waals surface area (Å²) in [6.45, 7) is 14.3. The Kier molecular flexibility index (Phi) is 9.13. The van der Waals surface area contributed by atoms with Gasteiger partial charge in [0.1, 0.15) is 11.9 Å². The Labute approximate surface area is 148 Å². The van der Waals surface area contributed by atoms with E-state index in [-0.39, 0.29) is 29.5 Å². The molecule has 4 heteroatoms. The predicted molar refractivity (Wildman–Crippen MR) is 98.6 cm³/mol. The fraction of sp³-hybridized carbons (Fsp3) is 0.950. The van der Waals surface area contributed by atoms with Crippen LogP contribution in [0.1, 0.15) is 93.4 Å². The minimum atomic E-state index is -2.06. The summed E-state index contributed by atoms with van der Waals surface area (Å²) >= 11 is 0. The van der Waals surface area contributed by atoms with E-state index in [2.05, 4.69) is 13.8 Å². The molecule has 0 heterocycles. The first-order chi connectivity index (χ1) is 10.6. The monoisotopic (exact) mass is 344 g/mol. The van der Waals surface area contributed by atoms with Gasteiger partial charge in [0.25, 0.3) is 0 Å². The highest BCUT2D eigenvalue weighted by molar-refractivity contribution is 5.78. The van der Waals surface area contributed by atoms with Gasteiger partial charge in [-0.1, -0.05) is 48.5 Å². The molecule has 0 rings (SSSR count). The van der Waals surface area contributed by atoms with Gasteiger partial charge < -0.3 is 15.3 Å². The van der Waals surface area contributed by atoms with Crippen molar-refractivity contribution in [1.82, 2.24) is 0 Å². The van der Waals surface area contributed by atoms with Gasteiger partial charge in [-0.25, -0.2) is 0 Å². The summed E-state index contributed by atoms with van der Waals surface area (Å²) in [5, 5.41) is 30.4. The van der Waals surface area contributed by atoms with Crippen LogP contribution in [0.4, 0.5) is 0 Å². The van der Waals surface area contributed by atoms with Gasteiger partial charge in [0.05, 0.1) is 0 Å². The zero-order valence-corrected chi connectivity index (χ0v) is 16.9. The third kappa shape index (κ3) is 11.2. The van der Waals surface area contributed by atoms with Crippen LogP contribution in [0, 0.1) is 16.7 Å². The molecule has 0 aliphatic heterocycles. The van der Waals surface area contributed by atoms with Crippen LogP contribution in [0.15, 0.2) is 0 Å². The van der Waals surface area contributed by atoms with Crippen molar-refractivity contribution >= 4 is 5.78 Å². The van der Waals surface area contributed by atoms with Crippen LogP contribution in [-0.4, -0.2) is 33.0 Å². The molecule has 0 saturated carbocycles. The molecule has 0 saturated heterocycles. The van der Waals surface area contributed by atoms with Gasteiger partial charge >= 0.3 is 0 Å². The van der Waals surface area contributed by atoms with Crippen molar-refractivity contribution in [2.24, 2.45) is 16.7 Å². The van der Waals surface area contributed by atoms with E-state index >= 15 is 0 Å². The molecule has 0 aromatic heterocycles. The SMILES string of the molecule is CC(C)CCC(=O)CC(C)(C)CCC(O)C(O)(O)CCC(C)(C)C. The predicted octanol–water partition coefficient (Wildman–Crippen LogP) is 4.06. The average Bonchev–Trinajstić information content (AvgIpc) is 2.39. The molecule has 0 bridgehead atoms. The zero-order valence-electron chi connectivity index (χ0n) is 16.9. The highest BCUT2D eigenvalue weighted by Gasteiger charge is 2.35. The summed E-state index contributed by atoms with van der Waals surface area (Å²) in [5.74, 6) is -1.30. The van der Waals surface area contributed by atoms with E-state index in [0.717, 1.165) is 6.42 Å². The molecule has 1 atom stereocenters. The van der Waals surface area contributed by atoms with Gasteiger partial charge in [0, 0.05) is 19.3 Å². The number of Topliss-reactive ketones (excluding diaryl/α,β-unsaturated/α-hetero) is 1. The van der Waals surface area contributed by atoms with Gasteiger partial charge in [0.2, 0.25) is 0 Å². The third-order valence-corrected chi connectivity index (χ3v) is 4.55. The summed E-state index contributed by atoms with van der Waals surface area (Å²) < 4.78 is 0. The largest absolute Gasteiger partial charge is 0.388 e. The Balaban J connectivity index is 4.39. The lowest BCUT2D eigenvalue weighted by molar-refractivity contribution is -0.233. The molecule has 24 heavy (non-hydrogen) atoms. The second-order valence-corrected chi connectivity index (χ2v) is 9.81. The second-order valence-electron chi connectivity index (χ2n) is 9.81. The van der Waals surface area contributed by atoms with E-state index in [1.54, 1.807) is 0 Å². The summed E-state index contributed by atoms with van der Waals surface area (Å²) in [6.07, 6.45) is 2.41. The molecule has 144 valence electrons. The van der Waals surface area contributed by atoms with Crippen LogP contribution in [0.3, 0.4) is 0 Å². The fourth-order valence-electron chi connectivity index (χ4n) is 2.64. The number of carbonyl (C=O) groups is 1. The van der Waals surface area contributed by atoms with E-state index in [1.165, 1.54) is 0 Å². The third-order valence-electron chi connectivity index (χ3n) is 4.55. The maximum atomic E-state index is 12.1. The van der Waals surface area contributed by atoms with E-state index in [0.29, 0.717) is 31.6 Å². The number of hydrogen-bond donors (Lipinski definition) is 3. The minimum absolute atomic E-state index is 0.0153. The van der Waals surface area contributed by atoms with E-state index in [9.17, 15) is 20.1 Å². The standard InChI is InChI=1S/C20H40O4/c1-15(2)8-9-16(21)14-19(6,7)11-10-17(22)20(23,24)13-12-18(3,4)5/h15,17,22-24H,8-14H2,1-7H3. The van der Waals surface area contributed by atoms with Crippen molar-refractivity contribution in [3.8, 4) is 0 Å². The summed E-state index contributed by atoms with van der Waals surface area (Å²) in [5.41, 5.74) is -0.256. The molecule has 1 unspecified atom stereocenters. The summed E-state index contributed by atoms with van der Waals surface area (Å²) in [7, 11) is 0. The van der Waals surface area contributed by atoms with Crippen LogP contribution in [0.5, 0.6) is 0 Å². The second kappa shape index (κ2) is 9.30. The molecule has 0 aliphatic carbocycles. The number of carbonyl (C=O) groups excluding carboxylic acids is 1. The Hall–Kier alpha value is -0.450. The topological polar surface area (TPSA) is 77.8 Å². The number of hydrogen-bond acceptors (Lipinski definition) is 4. The van der Waals surface area contributed by atoms with Crippen LogP contribution >= 0.6 is 0 Å². The smallest absolute Gasteiger partial charge is 0.189 e. The van der Waals surface area contributed by atoms with Crippen LogP contribution < -0.4 is 0 Å². The normalized spacial score (nSPS) is 15.0. The van der Waals surface area contributed by atoms with E-state index in [1.807, 2.05) is 34.6 Å². The molecule has 0 spiro atoms. The molecule has 0 aromatic rings. The van der Waals surface area contributed by atoms with Crippen molar-refractivity contribution in [3.63, 3.8) is 0 Å². The number of rotatable bonds is 11. The highest BCUT2D eigenvalue weighted by Crippen LogP contribution is 2.32. The summed E-state index contributed by atoms with van der Waals surface area (Å²) in [6, 6.07) is 0. The van der Waals surface area contributed by atoms with Crippen molar-refractivity contribution in [2.45, 2.75) is 105 Å². The average molecular weight is 345 g/mol. The van der Waals surface area contributed by atoms with Gasteiger partial charge in [-0.2, -0.15) is 0 Å². The van der Waals surface area contributed by atoms with Gasteiger partial charge in [-0.15, -0.1) is 0 Å². The lowest BCUT2D eigenvalue weighted by atomic mass is 9.79. The van der Waals surface area contributed by atoms with Gasteiger partial charge in [0.15, 0.2) is 5.79 Å². The Morgan fingerprint density at radius 2 is 1.46 bits per heavy atom. The van der Waals surface area contributed by atoms with Crippen molar-refractivity contribution in [2.75, 3.05) is 0 Å². The van der Waals surface area contributed by atoms with Crippen LogP contribution in [0.2, 0.25) is 0 Å². The first-order valence-corrected chi connectivity index (χ1v) is 9.29. The number of aliphatic hydroxyl groups excluding tert-OH is 1. The fourth-order valence-corrected chi connectivity index (χ4v) is 2.64. The molecule has 3 N–H and O–H groups in total. The van der Waals surface area contributed by atoms with Crippen LogP contribution in [0.25, 0.3) is 0 Å². The molecule has 0 radical (unpaired) electrons. The maximum Gasteiger partial charge on any atom is 0.189 e. The minimum Gasteiger partial charge on any atom is -0.388 e. The Morgan fingerprint density at radius 3 is 1.92 bits per heavy atom. The lowest BCUT2D eigenvalue weighted by Crippen LogP contribution is -2.43. The van der Waals surface area contributed by atoms with E-state index in [4.69, 9.17) is 0 Å². The maximum absolute atomic E-state index is 12.1. The van der Waals surface area contributed by atoms with Gasteiger partial charge in [-0.3, -0.25) is 4.79 Å². The van der Waals surface area contributed by atoms with E-state index < -0.39 is 11.9 Å². The van der Waals surface area contributed by atoms with Crippen LogP contribution in [-0.2, 0) is 4.79 Å². The number of ketones is 1. The quantitative estimate of drug-likeness (QED) is 0.494. The first kappa shape index (κ1) is 23.5. The highest BCUT2D eigenvalue weighted by atomic mass is 16.5. The Morgan fingerprint density at radius 1 is 0.917 bits per heavy atom. The molecule has 0 aliphatic rings. The molecule has 0 amide bonds. The molecule has 0 aromatic carbocycles. The lowest BCUT2D eigenvalue weighted by Gasteiger charge is -2.32. The first-order valence-electron chi connectivity index (χ1n) is 9.29. The molecular formula is C20H40O4. The van der Waals surface area contributed by atoms with Crippen molar-refractivity contribution in [3.05, 3.63) is 0 Å². The summed E-state index contributed by atoms with van der Waals surface area (Å²) in [4.78, 5) is 12.1. The van der Waals surface area contributed by atoms with Crippen molar-refractivity contribution < 1.29 is 20.1 Å². The molecular weight excluding hydrogens is 304 g/mol. The zero-order chi connectivity index (χ0) is 19.2.